The van der Waals surface area contributed by atoms with E-state index in [1.165, 1.54) is 11.3 Å². The number of imidazole rings is 1. The molecule has 0 bridgehead atoms. The Kier molecular flexibility index (Phi) is 4.29. The maximum atomic E-state index is 6.08. The number of aromatic nitrogens is 2. The van der Waals surface area contributed by atoms with Crippen LogP contribution < -0.4 is 0 Å². The maximum absolute atomic E-state index is 6.08. The number of nitrogens with zero attached hydrogens (tertiary/aromatic N) is 4. The summed E-state index contributed by atoms with van der Waals surface area (Å²) in [6.07, 6.45) is 3.94. The smallest absolute Gasteiger partial charge is 0.0952 e. The average Bonchev–Trinajstić information content (AvgIpc) is 2.86. The summed E-state index contributed by atoms with van der Waals surface area (Å²) in [7, 11) is 4.24. The highest BCUT2D eigenvalue weighted by Crippen LogP contribution is 2.23. The van der Waals surface area contributed by atoms with Gasteiger partial charge >= 0.3 is 0 Å². The molecule has 2 heterocycles. The summed E-state index contributed by atoms with van der Waals surface area (Å²) in [5.41, 5.74) is 2.55. The van der Waals surface area contributed by atoms with Crippen LogP contribution in [0.25, 0.3) is 0 Å². The van der Waals surface area contributed by atoms with Crippen LogP contribution in [-0.4, -0.2) is 46.5 Å². The number of hydrogen-bond donors (Lipinski definition) is 0. The number of hydrogen-bond acceptors (Lipinski definition) is 3. The van der Waals surface area contributed by atoms with E-state index < -0.39 is 0 Å². The summed E-state index contributed by atoms with van der Waals surface area (Å²) in [6.45, 7) is 3.93. The van der Waals surface area contributed by atoms with Gasteiger partial charge in [0, 0.05) is 37.4 Å². The van der Waals surface area contributed by atoms with Gasteiger partial charge in [-0.25, -0.2) is 4.98 Å². The molecule has 0 N–H and O–H groups in total. The molecule has 1 aliphatic rings. The van der Waals surface area contributed by atoms with Gasteiger partial charge in [-0.2, -0.15) is 0 Å². The van der Waals surface area contributed by atoms with Crippen LogP contribution in [0, 0.1) is 0 Å². The zero-order chi connectivity index (χ0) is 14.8. The van der Waals surface area contributed by atoms with Crippen LogP contribution in [-0.2, 0) is 13.1 Å². The normalized spacial score (nSPS) is 19.0. The summed E-state index contributed by atoms with van der Waals surface area (Å²) in [4.78, 5) is 9.02. The third kappa shape index (κ3) is 3.46. The van der Waals surface area contributed by atoms with Gasteiger partial charge in [-0.15, -0.1) is 0 Å². The van der Waals surface area contributed by atoms with E-state index in [0.717, 1.165) is 31.2 Å². The maximum Gasteiger partial charge on any atom is 0.0952 e. The Labute approximate surface area is 130 Å². The minimum Gasteiger partial charge on any atom is -0.328 e. The standard InChI is InChI=1S/C16H21ClN4/c1-19(2)9-16-11-20(10-15-7-18-12-21(15)16)8-13-4-3-5-14(17)6-13/h3-7,12,16H,8-11H2,1-2H3/t16-/m1/s1. The molecule has 2 aromatic rings. The van der Waals surface area contributed by atoms with Crippen molar-refractivity contribution in [3.05, 3.63) is 53.1 Å². The fourth-order valence-corrected chi connectivity index (χ4v) is 3.26. The van der Waals surface area contributed by atoms with Gasteiger partial charge < -0.3 is 9.47 Å². The van der Waals surface area contributed by atoms with Crippen molar-refractivity contribution in [3.63, 3.8) is 0 Å². The van der Waals surface area contributed by atoms with Gasteiger partial charge in [0.15, 0.2) is 0 Å². The van der Waals surface area contributed by atoms with Gasteiger partial charge in [-0.05, 0) is 31.8 Å². The highest BCUT2D eigenvalue weighted by atomic mass is 35.5. The summed E-state index contributed by atoms with van der Waals surface area (Å²) in [6, 6.07) is 8.58. The second kappa shape index (κ2) is 6.18. The van der Waals surface area contributed by atoms with E-state index in [2.05, 4.69) is 45.6 Å². The fraction of sp³-hybridized carbons (Fsp3) is 0.438. The molecule has 0 saturated carbocycles. The SMILES string of the molecule is CN(C)C[C@@H]1CN(Cc2cccc(Cl)c2)Cc2cncn21. The van der Waals surface area contributed by atoms with Crippen molar-refractivity contribution in [2.24, 2.45) is 0 Å². The van der Waals surface area contributed by atoms with Gasteiger partial charge in [0.1, 0.15) is 0 Å². The average molecular weight is 305 g/mol. The lowest BCUT2D eigenvalue weighted by Gasteiger charge is -2.35. The third-order valence-corrected chi connectivity index (χ3v) is 4.10. The molecule has 1 aromatic heterocycles. The number of rotatable bonds is 4. The first kappa shape index (κ1) is 14.6. The van der Waals surface area contributed by atoms with Crippen LogP contribution in [0.2, 0.25) is 5.02 Å². The Morgan fingerprint density at radius 1 is 1.38 bits per heavy atom. The van der Waals surface area contributed by atoms with E-state index in [4.69, 9.17) is 11.6 Å². The van der Waals surface area contributed by atoms with Gasteiger partial charge in [-0.1, -0.05) is 23.7 Å². The summed E-state index contributed by atoms with van der Waals surface area (Å²) >= 11 is 6.08. The molecule has 1 atom stereocenters. The predicted molar refractivity (Wildman–Crippen MR) is 85.4 cm³/mol. The monoisotopic (exact) mass is 304 g/mol. The van der Waals surface area contributed by atoms with Crippen molar-refractivity contribution in [1.29, 1.82) is 0 Å². The summed E-state index contributed by atoms with van der Waals surface area (Å²) < 4.78 is 2.31. The van der Waals surface area contributed by atoms with E-state index in [9.17, 15) is 0 Å². The Morgan fingerprint density at radius 2 is 2.24 bits per heavy atom. The minimum atomic E-state index is 0.449. The second-order valence-electron chi connectivity index (χ2n) is 6.01. The lowest BCUT2D eigenvalue weighted by molar-refractivity contribution is 0.156. The molecule has 112 valence electrons. The molecule has 0 radical (unpaired) electrons. The van der Waals surface area contributed by atoms with Gasteiger partial charge in [0.25, 0.3) is 0 Å². The van der Waals surface area contributed by atoms with Gasteiger partial charge in [0.05, 0.1) is 18.1 Å². The zero-order valence-electron chi connectivity index (χ0n) is 12.5. The van der Waals surface area contributed by atoms with Crippen LogP contribution in [0.3, 0.4) is 0 Å². The van der Waals surface area contributed by atoms with E-state index >= 15 is 0 Å². The fourth-order valence-electron chi connectivity index (χ4n) is 3.04. The number of halogens is 1. The number of fused-ring (bicyclic) bond motifs is 1. The van der Waals surface area contributed by atoms with Crippen LogP contribution in [0.15, 0.2) is 36.8 Å². The number of benzene rings is 1. The first-order valence-electron chi connectivity index (χ1n) is 7.24. The van der Waals surface area contributed by atoms with Crippen LogP contribution in [0.4, 0.5) is 0 Å². The summed E-state index contributed by atoms with van der Waals surface area (Å²) in [5.74, 6) is 0. The highest BCUT2D eigenvalue weighted by Gasteiger charge is 2.25. The van der Waals surface area contributed by atoms with Crippen LogP contribution in [0.5, 0.6) is 0 Å². The second-order valence-corrected chi connectivity index (χ2v) is 6.44. The van der Waals surface area contributed by atoms with Crippen molar-refractivity contribution in [2.75, 3.05) is 27.2 Å². The summed E-state index contributed by atoms with van der Waals surface area (Å²) in [5, 5.41) is 0.805. The Hall–Kier alpha value is -1.36. The van der Waals surface area contributed by atoms with Crippen molar-refractivity contribution in [1.82, 2.24) is 19.4 Å². The molecular formula is C16H21ClN4. The lowest BCUT2D eigenvalue weighted by Crippen LogP contribution is -2.40. The van der Waals surface area contributed by atoms with Crippen molar-refractivity contribution < 1.29 is 0 Å². The molecular weight excluding hydrogens is 284 g/mol. The van der Waals surface area contributed by atoms with E-state index in [1.54, 1.807) is 0 Å². The minimum absolute atomic E-state index is 0.449. The first-order chi connectivity index (χ1) is 10.1. The van der Waals surface area contributed by atoms with E-state index in [-0.39, 0.29) is 0 Å². The molecule has 0 amide bonds. The van der Waals surface area contributed by atoms with E-state index in [1.807, 2.05) is 24.7 Å². The predicted octanol–water partition coefficient (Wildman–Crippen LogP) is 2.66. The molecule has 3 rings (SSSR count). The first-order valence-corrected chi connectivity index (χ1v) is 7.62. The van der Waals surface area contributed by atoms with E-state index in [0.29, 0.717) is 6.04 Å². The highest BCUT2D eigenvalue weighted by molar-refractivity contribution is 6.30. The Bertz CT molecular complexity index is 608. The topological polar surface area (TPSA) is 24.3 Å². The van der Waals surface area contributed by atoms with Gasteiger partial charge in [0.2, 0.25) is 0 Å². The quantitative estimate of drug-likeness (QED) is 0.868. The molecule has 0 spiro atoms. The van der Waals surface area contributed by atoms with Crippen LogP contribution >= 0.6 is 11.6 Å². The molecule has 1 aromatic carbocycles. The number of likely N-dealkylation sites (N-methyl/N-ethyl adjacent to an activating group) is 1. The molecule has 0 aliphatic carbocycles. The molecule has 0 fully saturated rings. The molecule has 5 heteroatoms. The molecule has 4 nitrogen and oxygen atoms in total. The van der Waals surface area contributed by atoms with Crippen molar-refractivity contribution >= 4 is 11.6 Å². The largest absolute Gasteiger partial charge is 0.328 e. The van der Waals surface area contributed by atoms with Crippen LogP contribution in [0.1, 0.15) is 17.3 Å². The zero-order valence-corrected chi connectivity index (χ0v) is 13.3. The molecule has 21 heavy (non-hydrogen) atoms. The molecule has 0 unspecified atom stereocenters. The van der Waals surface area contributed by atoms with Crippen molar-refractivity contribution in [2.45, 2.75) is 19.1 Å². The van der Waals surface area contributed by atoms with Crippen molar-refractivity contribution in [3.8, 4) is 0 Å². The third-order valence-electron chi connectivity index (χ3n) is 3.87. The van der Waals surface area contributed by atoms with Gasteiger partial charge in [-0.3, -0.25) is 4.90 Å². The Balaban J connectivity index is 1.76. The lowest BCUT2D eigenvalue weighted by atomic mass is 10.1. The molecule has 1 aliphatic heterocycles. The Morgan fingerprint density at radius 3 is 3.00 bits per heavy atom. The molecule has 0 saturated heterocycles.